The summed E-state index contributed by atoms with van der Waals surface area (Å²) in [6.45, 7) is 11.5. The van der Waals surface area contributed by atoms with Crippen LogP contribution in [0.1, 0.15) is 78.8 Å². The standard InChI is InChI=1S/C25H33ClN4O4S/c1-14-8-9-17(15(2)12-14)13-27-19(31)18-21(29-22(32)25(26)10-11-25)35-20(28-18)16(3)30(7)23(33)34-24(4,5)6/h8-9,12,16H,10-11,13H2,1-7H3,(H,27,31)(H,29,32)/t16-/m1/s1. The van der Waals surface area contributed by atoms with Crippen molar-refractivity contribution in [1.29, 1.82) is 0 Å². The molecule has 190 valence electrons. The first-order chi connectivity index (χ1) is 16.2. The predicted molar refractivity (Wildman–Crippen MR) is 138 cm³/mol. The molecule has 2 N–H and O–H groups in total. The van der Waals surface area contributed by atoms with Gasteiger partial charge >= 0.3 is 6.09 Å². The summed E-state index contributed by atoms with van der Waals surface area (Å²) in [6.07, 6.45) is 0.653. The molecule has 0 unspecified atom stereocenters. The van der Waals surface area contributed by atoms with E-state index in [4.69, 9.17) is 16.3 Å². The van der Waals surface area contributed by atoms with Gasteiger partial charge in [-0.15, -0.1) is 11.6 Å². The molecule has 1 aromatic carbocycles. The maximum Gasteiger partial charge on any atom is 0.410 e. The van der Waals surface area contributed by atoms with Crippen LogP contribution in [0, 0.1) is 13.8 Å². The number of halogens is 1. The van der Waals surface area contributed by atoms with Gasteiger partial charge < -0.3 is 20.3 Å². The SMILES string of the molecule is Cc1ccc(CNC(=O)c2nc([C@@H](C)N(C)C(=O)OC(C)(C)C)sc2NC(=O)C2(Cl)CC2)c(C)c1. The summed E-state index contributed by atoms with van der Waals surface area (Å²) in [5.74, 6) is -0.778. The van der Waals surface area contributed by atoms with Crippen molar-refractivity contribution in [3.8, 4) is 0 Å². The normalized spacial score (nSPS) is 15.2. The number of rotatable bonds is 7. The molecule has 1 aliphatic carbocycles. The summed E-state index contributed by atoms with van der Waals surface area (Å²) >= 11 is 7.42. The van der Waals surface area contributed by atoms with Gasteiger partial charge in [0.1, 0.15) is 20.5 Å². The molecule has 1 aromatic heterocycles. The summed E-state index contributed by atoms with van der Waals surface area (Å²) in [4.78, 5) is 43.3. The molecular weight excluding hydrogens is 488 g/mol. The molecule has 0 spiro atoms. The molecule has 0 aliphatic heterocycles. The number of alkyl halides is 1. The zero-order valence-electron chi connectivity index (χ0n) is 21.2. The Hall–Kier alpha value is -2.65. The van der Waals surface area contributed by atoms with E-state index in [1.54, 1.807) is 34.7 Å². The van der Waals surface area contributed by atoms with Crippen LogP contribution in [-0.4, -0.2) is 45.3 Å². The van der Waals surface area contributed by atoms with E-state index in [1.807, 2.05) is 26.0 Å². The molecule has 3 rings (SSSR count). The van der Waals surface area contributed by atoms with Crippen LogP contribution in [0.25, 0.3) is 0 Å². The Bertz CT molecular complexity index is 1140. The monoisotopic (exact) mass is 520 g/mol. The number of amides is 3. The summed E-state index contributed by atoms with van der Waals surface area (Å²) < 4.78 is 5.45. The number of ether oxygens (including phenoxy) is 1. The number of thiazole rings is 1. The van der Waals surface area contributed by atoms with Crippen LogP contribution in [0.3, 0.4) is 0 Å². The van der Waals surface area contributed by atoms with Gasteiger partial charge in [-0.05, 0) is 65.5 Å². The van der Waals surface area contributed by atoms with E-state index < -0.39 is 28.5 Å². The number of hydrogen-bond donors (Lipinski definition) is 2. The van der Waals surface area contributed by atoms with E-state index >= 15 is 0 Å². The van der Waals surface area contributed by atoms with Gasteiger partial charge in [0.05, 0.1) is 6.04 Å². The lowest BCUT2D eigenvalue weighted by atomic mass is 10.1. The molecule has 3 amide bonds. The lowest BCUT2D eigenvalue weighted by Crippen LogP contribution is -2.35. The van der Waals surface area contributed by atoms with E-state index in [0.29, 0.717) is 29.4 Å². The zero-order valence-corrected chi connectivity index (χ0v) is 22.8. The number of aryl methyl sites for hydroxylation is 2. The van der Waals surface area contributed by atoms with Crippen molar-refractivity contribution in [2.75, 3.05) is 12.4 Å². The predicted octanol–water partition coefficient (Wildman–Crippen LogP) is 5.33. The van der Waals surface area contributed by atoms with E-state index in [0.717, 1.165) is 28.0 Å². The Morgan fingerprint density at radius 2 is 1.91 bits per heavy atom. The van der Waals surface area contributed by atoms with Crippen molar-refractivity contribution in [3.63, 3.8) is 0 Å². The number of anilines is 1. The smallest absolute Gasteiger partial charge is 0.410 e. The van der Waals surface area contributed by atoms with Gasteiger partial charge in [-0.2, -0.15) is 0 Å². The highest BCUT2D eigenvalue weighted by atomic mass is 35.5. The maximum atomic E-state index is 13.1. The first kappa shape index (κ1) is 26.9. The highest BCUT2D eigenvalue weighted by molar-refractivity contribution is 7.16. The molecule has 35 heavy (non-hydrogen) atoms. The van der Waals surface area contributed by atoms with Crippen LogP contribution in [0.15, 0.2) is 18.2 Å². The summed E-state index contributed by atoms with van der Waals surface area (Å²) in [5, 5.41) is 6.47. The van der Waals surface area contributed by atoms with Crippen molar-refractivity contribution in [2.45, 2.75) is 77.4 Å². The summed E-state index contributed by atoms with van der Waals surface area (Å²) in [6, 6.07) is 5.53. The minimum Gasteiger partial charge on any atom is -0.444 e. The Morgan fingerprint density at radius 3 is 2.49 bits per heavy atom. The van der Waals surface area contributed by atoms with Crippen LogP contribution in [-0.2, 0) is 16.1 Å². The molecule has 1 fully saturated rings. The van der Waals surface area contributed by atoms with Gasteiger partial charge in [-0.3, -0.25) is 9.59 Å². The lowest BCUT2D eigenvalue weighted by Gasteiger charge is -2.27. The number of nitrogens with zero attached hydrogens (tertiary/aromatic N) is 2. The highest BCUT2D eigenvalue weighted by Crippen LogP contribution is 2.44. The quantitative estimate of drug-likeness (QED) is 0.481. The summed E-state index contributed by atoms with van der Waals surface area (Å²) in [7, 11) is 1.61. The number of nitrogens with one attached hydrogen (secondary N) is 2. The molecule has 1 aliphatic rings. The number of carbonyl (C=O) groups is 3. The number of aromatic nitrogens is 1. The van der Waals surface area contributed by atoms with Crippen molar-refractivity contribution in [1.82, 2.24) is 15.2 Å². The van der Waals surface area contributed by atoms with Gasteiger partial charge in [0.25, 0.3) is 5.91 Å². The molecule has 1 atom stereocenters. The lowest BCUT2D eigenvalue weighted by molar-refractivity contribution is -0.116. The van der Waals surface area contributed by atoms with Crippen molar-refractivity contribution in [2.24, 2.45) is 0 Å². The second-order valence-electron chi connectivity index (χ2n) is 10.0. The number of hydrogen-bond acceptors (Lipinski definition) is 6. The van der Waals surface area contributed by atoms with E-state index in [-0.39, 0.29) is 11.6 Å². The minimum absolute atomic E-state index is 0.0912. The third-order valence-electron chi connectivity index (χ3n) is 5.74. The average Bonchev–Trinajstić information content (AvgIpc) is 3.37. The van der Waals surface area contributed by atoms with Crippen LogP contribution in [0.2, 0.25) is 0 Å². The van der Waals surface area contributed by atoms with Gasteiger partial charge in [0.15, 0.2) is 5.69 Å². The Kier molecular flexibility index (Phi) is 7.81. The highest BCUT2D eigenvalue weighted by Gasteiger charge is 2.48. The first-order valence-electron chi connectivity index (χ1n) is 11.5. The molecule has 8 nitrogen and oxygen atoms in total. The molecular formula is C25H33ClN4O4S. The summed E-state index contributed by atoms with van der Waals surface area (Å²) in [5.41, 5.74) is 2.65. The Morgan fingerprint density at radius 1 is 1.26 bits per heavy atom. The van der Waals surface area contributed by atoms with E-state index in [2.05, 4.69) is 21.7 Å². The fourth-order valence-corrected chi connectivity index (χ4v) is 4.46. The first-order valence-corrected chi connectivity index (χ1v) is 12.7. The van der Waals surface area contributed by atoms with E-state index in [1.165, 1.54) is 4.90 Å². The largest absolute Gasteiger partial charge is 0.444 e. The van der Waals surface area contributed by atoms with Gasteiger partial charge in [0, 0.05) is 13.6 Å². The molecule has 1 saturated carbocycles. The third-order valence-corrected chi connectivity index (χ3v) is 7.43. The van der Waals surface area contributed by atoms with Gasteiger partial charge in [-0.1, -0.05) is 35.1 Å². The molecule has 0 radical (unpaired) electrons. The molecule has 1 heterocycles. The van der Waals surface area contributed by atoms with Crippen molar-refractivity contribution < 1.29 is 19.1 Å². The Balaban J connectivity index is 1.83. The van der Waals surface area contributed by atoms with E-state index in [9.17, 15) is 14.4 Å². The molecule has 0 bridgehead atoms. The molecule has 2 aromatic rings. The maximum absolute atomic E-state index is 13.1. The van der Waals surface area contributed by atoms with Crippen LogP contribution in [0.5, 0.6) is 0 Å². The van der Waals surface area contributed by atoms with Gasteiger partial charge in [-0.25, -0.2) is 9.78 Å². The number of benzene rings is 1. The average molecular weight is 521 g/mol. The van der Waals surface area contributed by atoms with Gasteiger partial charge in [0.2, 0.25) is 5.91 Å². The molecule has 10 heteroatoms. The minimum atomic E-state index is -0.935. The van der Waals surface area contributed by atoms with Crippen LogP contribution in [0.4, 0.5) is 9.80 Å². The van der Waals surface area contributed by atoms with Crippen molar-refractivity contribution in [3.05, 3.63) is 45.6 Å². The van der Waals surface area contributed by atoms with Crippen molar-refractivity contribution >= 4 is 45.8 Å². The Labute approximate surface area is 215 Å². The molecule has 0 saturated heterocycles. The third kappa shape index (κ3) is 6.73. The van der Waals surface area contributed by atoms with Crippen LogP contribution < -0.4 is 10.6 Å². The fourth-order valence-electron chi connectivity index (χ4n) is 3.27. The van der Waals surface area contributed by atoms with Crippen LogP contribution >= 0.6 is 22.9 Å². The number of carbonyl (C=O) groups excluding carboxylic acids is 3. The second kappa shape index (κ2) is 10.1. The topological polar surface area (TPSA) is 101 Å². The fraction of sp³-hybridized carbons (Fsp3) is 0.520. The zero-order chi connectivity index (χ0) is 26.1. The second-order valence-corrected chi connectivity index (χ2v) is 11.8.